The van der Waals surface area contributed by atoms with Crippen LogP contribution in [0.5, 0.6) is 5.75 Å². The van der Waals surface area contributed by atoms with E-state index < -0.39 is 6.10 Å². The van der Waals surface area contributed by atoms with Crippen LogP contribution < -0.4 is 10.1 Å². The number of nitrogens with one attached hydrogen (secondary N) is 1. The Balaban J connectivity index is 1.67. The molecule has 0 aliphatic rings. The zero-order valence-electron chi connectivity index (χ0n) is 14.7. The Morgan fingerprint density at radius 1 is 1.22 bits per heavy atom. The Morgan fingerprint density at radius 3 is 2.52 bits per heavy atom. The number of carbonyl (C=O) groups excluding carboxylic acids is 1. The van der Waals surface area contributed by atoms with Gasteiger partial charge >= 0.3 is 0 Å². The van der Waals surface area contributed by atoms with Crippen molar-refractivity contribution < 1.29 is 9.53 Å². The van der Waals surface area contributed by atoms with E-state index in [1.807, 2.05) is 37.3 Å². The summed E-state index contributed by atoms with van der Waals surface area (Å²) < 4.78 is 6.63. The molecule has 136 valence electrons. The number of ether oxygens (including phenoxy) is 1. The quantitative estimate of drug-likeness (QED) is 0.593. The predicted octanol–water partition coefficient (Wildman–Crippen LogP) is 5.16. The molecule has 1 amide bonds. The number of anilines is 1. The van der Waals surface area contributed by atoms with Crippen LogP contribution in [0.25, 0.3) is 11.3 Å². The third-order valence-electron chi connectivity index (χ3n) is 3.81. The number of hydrogen-bond donors (Lipinski definition) is 1. The number of nitrogens with zero attached hydrogens (tertiary/aromatic N) is 2. The molecular weight excluding hydrogens is 426 g/mol. The van der Waals surface area contributed by atoms with Gasteiger partial charge in [-0.05, 0) is 50.2 Å². The zero-order valence-corrected chi connectivity index (χ0v) is 17.1. The standard InChI is InChI=1S/C20H16BrN3O2S/c1-12(26-17-9-3-14(11-22)4-10-17)19(25)24-20-23-18(13(2)27-20)15-5-7-16(21)8-6-15/h3-10,12H,1-2H3,(H,23,24,25). The van der Waals surface area contributed by atoms with Crippen molar-refractivity contribution in [2.45, 2.75) is 20.0 Å². The number of carbonyl (C=O) groups is 1. The van der Waals surface area contributed by atoms with Crippen LogP contribution in [0.3, 0.4) is 0 Å². The van der Waals surface area contributed by atoms with Crippen LogP contribution in [0, 0.1) is 18.3 Å². The van der Waals surface area contributed by atoms with Crippen LogP contribution in [0.15, 0.2) is 53.0 Å². The summed E-state index contributed by atoms with van der Waals surface area (Å²) in [6.07, 6.45) is -0.696. The molecule has 27 heavy (non-hydrogen) atoms. The highest BCUT2D eigenvalue weighted by atomic mass is 79.9. The number of hydrogen-bond acceptors (Lipinski definition) is 5. The summed E-state index contributed by atoms with van der Waals surface area (Å²) in [5.74, 6) is 0.248. The maximum absolute atomic E-state index is 12.4. The van der Waals surface area contributed by atoms with Crippen LogP contribution in [0.2, 0.25) is 0 Å². The molecule has 0 spiro atoms. The monoisotopic (exact) mass is 441 g/mol. The van der Waals surface area contributed by atoms with Gasteiger partial charge in [0, 0.05) is 14.9 Å². The van der Waals surface area contributed by atoms with E-state index >= 15 is 0 Å². The summed E-state index contributed by atoms with van der Waals surface area (Å²) >= 11 is 4.84. The number of amides is 1. The fourth-order valence-corrected chi connectivity index (χ4v) is 3.50. The van der Waals surface area contributed by atoms with Gasteiger partial charge in [-0.2, -0.15) is 5.26 Å². The van der Waals surface area contributed by atoms with Crippen molar-refractivity contribution in [2.24, 2.45) is 0 Å². The second kappa shape index (κ2) is 8.33. The van der Waals surface area contributed by atoms with Crippen molar-refractivity contribution in [1.82, 2.24) is 4.98 Å². The van der Waals surface area contributed by atoms with Gasteiger partial charge in [0.05, 0.1) is 17.3 Å². The summed E-state index contributed by atoms with van der Waals surface area (Å²) in [6.45, 7) is 3.64. The Kier molecular flexibility index (Phi) is 5.89. The first-order chi connectivity index (χ1) is 13.0. The van der Waals surface area contributed by atoms with E-state index in [-0.39, 0.29) is 5.91 Å². The summed E-state index contributed by atoms with van der Waals surface area (Å²) in [5.41, 5.74) is 2.39. The lowest BCUT2D eigenvalue weighted by molar-refractivity contribution is -0.122. The number of aromatic nitrogens is 1. The summed E-state index contributed by atoms with van der Waals surface area (Å²) in [6, 6.07) is 16.6. The van der Waals surface area contributed by atoms with Crippen molar-refractivity contribution in [3.8, 4) is 23.1 Å². The number of rotatable bonds is 5. The molecule has 1 atom stereocenters. The van der Waals surface area contributed by atoms with Gasteiger partial charge in [-0.25, -0.2) is 4.98 Å². The third-order valence-corrected chi connectivity index (χ3v) is 5.22. The Hall–Kier alpha value is -2.69. The number of nitriles is 1. The maximum atomic E-state index is 12.4. The van der Waals surface area contributed by atoms with E-state index in [4.69, 9.17) is 10.00 Å². The van der Waals surface area contributed by atoms with Crippen molar-refractivity contribution in [1.29, 1.82) is 5.26 Å². The van der Waals surface area contributed by atoms with Crippen LogP contribution in [-0.2, 0) is 4.79 Å². The summed E-state index contributed by atoms with van der Waals surface area (Å²) in [4.78, 5) is 18.0. The third kappa shape index (κ3) is 4.73. The Morgan fingerprint density at radius 2 is 1.89 bits per heavy atom. The normalized spacial score (nSPS) is 11.5. The Bertz CT molecular complexity index is 992. The minimum Gasteiger partial charge on any atom is -0.481 e. The van der Waals surface area contributed by atoms with Crippen molar-refractivity contribution in [3.63, 3.8) is 0 Å². The van der Waals surface area contributed by atoms with Gasteiger partial charge < -0.3 is 4.74 Å². The lowest BCUT2D eigenvalue weighted by Gasteiger charge is -2.13. The second-order valence-corrected chi connectivity index (χ2v) is 7.94. The average molecular weight is 442 g/mol. The molecule has 2 aromatic carbocycles. The summed E-state index contributed by atoms with van der Waals surface area (Å²) in [5, 5.41) is 12.2. The molecule has 1 N–H and O–H groups in total. The topological polar surface area (TPSA) is 75.0 Å². The lowest BCUT2D eigenvalue weighted by Crippen LogP contribution is -2.30. The maximum Gasteiger partial charge on any atom is 0.266 e. The van der Waals surface area contributed by atoms with Crippen molar-refractivity contribution in [2.75, 3.05) is 5.32 Å². The molecule has 0 radical (unpaired) electrons. The van der Waals surface area contributed by atoms with E-state index in [9.17, 15) is 4.79 Å². The van der Waals surface area contributed by atoms with E-state index in [1.165, 1.54) is 11.3 Å². The molecule has 5 nitrogen and oxygen atoms in total. The first-order valence-electron chi connectivity index (χ1n) is 8.17. The molecule has 0 aliphatic heterocycles. The molecule has 0 saturated heterocycles. The molecule has 1 aromatic heterocycles. The molecule has 1 heterocycles. The van der Waals surface area contributed by atoms with Crippen molar-refractivity contribution >= 4 is 38.3 Å². The molecule has 0 saturated carbocycles. The van der Waals surface area contributed by atoms with E-state index in [0.717, 1.165) is 20.6 Å². The number of aryl methyl sites for hydroxylation is 1. The molecule has 1 unspecified atom stereocenters. The van der Waals surface area contributed by atoms with Gasteiger partial charge in [-0.3, -0.25) is 10.1 Å². The lowest BCUT2D eigenvalue weighted by atomic mass is 10.1. The predicted molar refractivity (Wildman–Crippen MR) is 110 cm³/mol. The van der Waals surface area contributed by atoms with Gasteiger partial charge in [-0.15, -0.1) is 11.3 Å². The molecular formula is C20H16BrN3O2S. The number of thiazole rings is 1. The average Bonchev–Trinajstić information content (AvgIpc) is 3.03. The fourth-order valence-electron chi connectivity index (χ4n) is 2.40. The summed E-state index contributed by atoms with van der Waals surface area (Å²) in [7, 11) is 0. The van der Waals surface area contributed by atoms with Crippen LogP contribution in [0.4, 0.5) is 5.13 Å². The largest absolute Gasteiger partial charge is 0.481 e. The van der Waals surface area contributed by atoms with Gasteiger partial charge in [0.2, 0.25) is 0 Å². The van der Waals surface area contributed by atoms with Crippen LogP contribution in [0.1, 0.15) is 17.4 Å². The second-order valence-electron chi connectivity index (χ2n) is 5.82. The van der Waals surface area contributed by atoms with E-state index in [0.29, 0.717) is 16.4 Å². The molecule has 3 rings (SSSR count). The SMILES string of the molecule is Cc1sc(NC(=O)C(C)Oc2ccc(C#N)cc2)nc1-c1ccc(Br)cc1. The molecule has 0 aliphatic carbocycles. The minimum atomic E-state index is -0.696. The first kappa shape index (κ1) is 19.1. The van der Waals surface area contributed by atoms with E-state index in [1.54, 1.807) is 31.2 Å². The van der Waals surface area contributed by atoms with Gasteiger partial charge in [0.1, 0.15) is 5.75 Å². The fraction of sp³-hybridized carbons (Fsp3) is 0.150. The molecule has 7 heteroatoms. The minimum absolute atomic E-state index is 0.282. The number of benzene rings is 2. The highest BCUT2D eigenvalue weighted by molar-refractivity contribution is 9.10. The molecule has 0 bridgehead atoms. The molecule has 3 aromatic rings. The van der Waals surface area contributed by atoms with Crippen LogP contribution >= 0.6 is 27.3 Å². The zero-order chi connectivity index (χ0) is 19.4. The van der Waals surface area contributed by atoms with Crippen LogP contribution in [-0.4, -0.2) is 17.0 Å². The smallest absolute Gasteiger partial charge is 0.266 e. The van der Waals surface area contributed by atoms with E-state index in [2.05, 4.69) is 26.2 Å². The van der Waals surface area contributed by atoms with Gasteiger partial charge in [0.15, 0.2) is 11.2 Å². The van der Waals surface area contributed by atoms with Gasteiger partial charge in [-0.1, -0.05) is 28.1 Å². The molecule has 0 fully saturated rings. The first-order valence-corrected chi connectivity index (χ1v) is 9.78. The highest BCUT2D eigenvalue weighted by Gasteiger charge is 2.18. The number of halogens is 1. The Labute approximate surface area is 169 Å². The van der Waals surface area contributed by atoms with Gasteiger partial charge in [0.25, 0.3) is 5.91 Å². The highest BCUT2D eigenvalue weighted by Crippen LogP contribution is 2.31. The van der Waals surface area contributed by atoms with Crippen molar-refractivity contribution in [3.05, 3.63) is 63.4 Å².